The van der Waals surface area contributed by atoms with Gasteiger partial charge in [0.25, 0.3) is 11.8 Å². The summed E-state index contributed by atoms with van der Waals surface area (Å²) in [4.78, 5) is 44.3. The number of unbranched alkanes of at least 4 members (excludes halogenated alkanes) is 2. The van der Waals surface area contributed by atoms with Crippen molar-refractivity contribution in [3.63, 3.8) is 0 Å². The molecule has 0 atom stereocenters. The number of piperazine rings is 1. The van der Waals surface area contributed by atoms with Crippen molar-refractivity contribution in [1.29, 1.82) is 0 Å². The Balaban J connectivity index is 0.00000529. The summed E-state index contributed by atoms with van der Waals surface area (Å²) >= 11 is 0. The summed E-state index contributed by atoms with van der Waals surface area (Å²) in [5, 5.41) is 2.85. The van der Waals surface area contributed by atoms with Crippen molar-refractivity contribution in [3.05, 3.63) is 83.4 Å². The number of para-hydroxylation sites is 1. The van der Waals surface area contributed by atoms with Gasteiger partial charge in [-0.15, -0.1) is 12.4 Å². The highest BCUT2D eigenvalue weighted by atomic mass is 35.5. The van der Waals surface area contributed by atoms with E-state index in [1.165, 1.54) is 7.11 Å². The van der Waals surface area contributed by atoms with E-state index >= 15 is 0 Å². The monoisotopic (exact) mass is 622 g/mol. The molecule has 0 radical (unpaired) electrons. The van der Waals surface area contributed by atoms with Crippen molar-refractivity contribution in [2.75, 3.05) is 64.2 Å². The Bertz CT molecular complexity index is 1410. The molecule has 1 saturated heterocycles. The van der Waals surface area contributed by atoms with Crippen LogP contribution in [0.4, 0.5) is 11.4 Å². The summed E-state index contributed by atoms with van der Waals surface area (Å²) in [6.45, 7) is 5.98. The van der Waals surface area contributed by atoms with Crippen LogP contribution in [0.1, 0.15) is 52.0 Å². The first-order chi connectivity index (χ1) is 20.8. The van der Waals surface area contributed by atoms with Crippen LogP contribution in [0.15, 0.2) is 66.7 Å². The van der Waals surface area contributed by atoms with Gasteiger partial charge in [0.2, 0.25) is 5.91 Å². The normalized spacial score (nSPS) is 13.0. The van der Waals surface area contributed by atoms with Gasteiger partial charge in [0.05, 0.1) is 25.0 Å². The van der Waals surface area contributed by atoms with Gasteiger partial charge in [0.1, 0.15) is 11.5 Å². The van der Waals surface area contributed by atoms with Gasteiger partial charge in [-0.1, -0.05) is 18.2 Å². The number of benzene rings is 3. The number of nitrogens with one attached hydrogen (secondary N) is 1. The lowest BCUT2D eigenvalue weighted by Crippen LogP contribution is -2.47. The van der Waals surface area contributed by atoms with Gasteiger partial charge in [0.15, 0.2) is 0 Å². The minimum Gasteiger partial charge on any atom is -0.496 e. The van der Waals surface area contributed by atoms with E-state index in [2.05, 4.69) is 17.3 Å². The summed E-state index contributed by atoms with van der Waals surface area (Å²) in [5.74, 6) is 0.878. The molecule has 3 aromatic carbocycles. The fourth-order valence-corrected chi connectivity index (χ4v) is 5.00. The summed E-state index contributed by atoms with van der Waals surface area (Å²) in [6, 6.07) is 19.6. The van der Waals surface area contributed by atoms with Gasteiger partial charge in [-0.3, -0.25) is 14.4 Å². The highest BCUT2D eigenvalue weighted by molar-refractivity contribution is 6.08. The second-order valence-corrected chi connectivity index (χ2v) is 10.9. The van der Waals surface area contributed by atoms with E-state index in [9.17, 15) is 14.4 Å². The van der Waals surface area contributed by atoms with Crippen molar-refractivity contribution in [2.24, 2.45) is 0 Å². The van der Waals surface area contributed by atoms with Crippen molar-refractivity contribution in [3.8, 4) is 11.5 Å². The molecule has 1 aliphatic rings. The first kappa shape index (κ1) is 34.4. The minimum atomic E-state index is -0.295. The molecule has 0 saturated carbocycles. The van der Waals surface area contributed by atoms with E-state index < -0.39 is 0 Å². The number of ether oxygens (including phenoxy) is 2. The molecule has 44 heavy (non-hydrogen) atoms. The van der Waals surface area contributed by atoms with Crippen LogP contribution >= 0.6 is 12.4 Å². The number of carbonyl (C=O) groups is 3. The predicted molar refractivity (Wildman–Crippen MR) is 177 cm³/mol. The molecule has 1 N–H and O–H groups in total. The standard InChI is InChI=1S/C34H42N4O5.ClH/c1-25-13-18-29(31(24-25)43-23-9-5-6-12-32(39)38-21-19-36(2)20-22-38)37(3)34(41)26-14-16-27(17-15-26)35-33(40)28-10-7-8-11-30(28)42-4;/h7-8,10-11,13-18,24H,5-6,9,12,19-23H2,1-4H3,(H,35,40);1H. The average molecular weight is 623 g/mol. The zero-order valence-electron chi connectivity index (χ0n) is 26.0. The highest BCUT2D eigenvalue weighted by Crippen LogP contribution is 2.30. The molecule has 3 aromatic rings. The minimum absolute atomic E-state index is 0. The molecule has 1 fully saturated rings. The molecule has 0 aromatic heterocycles. The molecule has 4 rings (SSSR count). The van der Waals surface area contributed by atoms with E-state index in [-0.39, 0.29) is 30.1 Å². The number of rotatable bonds is 12. The molecule has 0 aliphatic carbocycles. The first-order valence-corrected chi connectivity index (χ1v) is 14.8. The molecular weight excluding hydrogens is 580 g/mol. The fraction of sp³-hybridized carbons (Fsp3) is 0.382. The van der Waals surface area contributed by atoms with Crippen LogP contribution in [0, 0.1) is 6.92 Å². The maximum Gasteiger partial charge on any atom is 0.259 e. The van der Waals surface area contributed by atoms with Crippen molar-refractivity contribution < 1.29 is 23.9 Å². The van der Waals surface area contributed by atoms with Crippen LogP contribution in [0.5, 0.6) is 11.5 Å². The van der Waals surface area contributed by atoms with Crippen LogP contribution in [0.25, 0.3) is 0 Å². The summed E-state index contributed by atoms with van der Waals surface area (Å²) < 4.78 is 11.4. The van der Waals surface area contributed by atoms with Gasteiger partial charge < -0.3 is 29.5 Å². The Morgan fingerprint density at radius 3 is 2.30 bits per heavy atom. The molecule has 1 heterocycles. The van der Waals surface area contributed by atoms with Crippen molar-refractivity contribution >= 4 is 41.5 Å². The lowest BCUT2D eigenvalue weighted by molar-refractivity contribution is -0.132. The molecule has 236 valence electrons. The largest absolute Gasteiger partial charge is 0.496 e. The third-order valence-electron chi connectivity index (χ3n) is 7.67. The number of methoxy groups -OCH3 is 1. The molecule has 0 spiro atoms. The number of halogens is 1. The maximum atomic E-state index is 13.4. The lowest BCUT2D eigenvalue weighted by atomic mass is 10.1. The summed E-state index contributed by atoms with van der Waals surface area (Å²) in [6.07, 6.45) is 3.13. The number of likely N-dealkylation sites (N-methyl/N-ethyl adjacent to an activating group) is 1. The smallest absolute Gasteiger partial charge is 0.259 e. The summed E-state index contributed by atoms with van der Waals surface area (Å²) in [7, 11) is 5.33. The van der Waals surface area contributed by atoms with Crippen LogP contribution in [-0.2, 0) is 4.79 Å². The Morgan fingerprint density at radius 1 is 0.886 bits per heavy atom. The Labute approximate surface area is 266 Å². The van der Waals surface area contributed by atoms with Gasteiger partial charge in [0, 0.05) is 50.9 Å². The number of amides is 3. The third-order valence-corrected chi connectivity index (χ3v) is 7.67. The first-order valence-electron chi connectivity index (χ1n) is 14.8. The lowest BCUT2D eigenvalue weighted by Gasteiger charge is -2.32. The molecular formula is C34H43ClN4O5. The Morgan fingerprint density at radius 2 is 1.59 bits per heavy atom. The number of aryl methyl sites for hydroxylation is 1. The van der Waals surface area contributed by atoms with Crippen molar-refractivity contribution in [1.82, 2.24) is 9.80 Å². The van der Waals surface area contributed by atoms with Crippen LogP contribution < -0.4 is 19.7 Å². The molecule has 3 amide bonds. The highest BCUT2D eigenvalue weighted by Gasteiger charge is 2.20. The van der Waals surface area contributed by atoms with Crippen LogP contribution in [0.2, 0.25) is 0 Å². The predicted octanol–water partition coefficient (Wildman–Crippen LogP) is 5.67. The maximum absolute atomic E-state index is 13.4. The average Bonchev–Trinajstić information content (AvgIpc) is 3.02. The van der Waals surface area contributed by atoms with Crippen molar-refractivity contribution in [2.45, 2.75) is 32.6 Å². The molecule has 0 bridgehead atoms. The molecule has 0 unspecified atom stereocenters. The van der Waals surface area contributed by atoms with Gasteiger partial charge in [-0.2, -0.15) is 0 Å². The molecule has 9 nitrogen and oxygen atoms in total. The quantitative estimate of drug-likeness (QED) is 0.262. The summed E-state index contributed by atoms with van der Waals surface area (Å²) in [5.41, 5.74) is 3.19. The van der Waals surface area contributed by atoms with E-state index in [0.717, 1.165) is 51.0 Å². The van der Waals surface area contributed by atoms with E-state index in [4.69, 9.17) is 9.47 Å². The number of carbonyl (C=O) groups excluding carboxylic acids is 3. The number of hydrogen-bond acceptors (Lipinski definition) is 6. The zero-order valence-corrected chi connectivity index (χ0v) is 26.8. The SMILES string of the molecule is COc1ccccc1C(=O)Nc1ccc(C(=O)N(C)c2ccc(C)cc2OCCCCCC(=O)N2CCN(C)CC2)cc1.Cl. The third kappa shape index (κ3) is 9.21. The van der Waals surface area contributed by atoms with Crippen LogP contribution in [0.3, 0.4) is 0 Å². The fourth-order valence-electron chi connectivity index (χ4n) is 5.00. The topological polar surface area (TPSA) is 91.4 Å². The number of nitrogens with zero attached hydrogens (tertiary/aromatic N) is 3. The van der Waals surface area contributed by atoms with Gasteiger partial charge in [-0.25, -0.2) is 0 Å². The number of anilines is 2. The van der Waals surface area contributed by atoms with E-state index in [0.29, 0.717) is 47.0 Å². The second-order valence-electron chi connectivity index (χ2n) is 10.9. The number of hydrogen-bond donors (Lipinski definition) is 1. The van der Waals surface area contributed by atoms with Gasteiger partial charge >= 0.3 is 0 Å². The molecule has 10 heteroatoms. The Hall–Kier alpha value is -4.08. The van der Waals surface area contributed by atoms with Gasteiger partial charge in [-0.05, 0) is 87.3 Å². The zero-order chi connectivity index (χ0) is 30.8. The van der Waals surface area contributed by atoms with E-state index in [1.807, 2.05) is 30.0 Å². The van der Waals surface area contributed by atoms with E-state index in [1.54, 1.807) is 60.5 Å². The second kappa shape index (κ2) is 16.7. The van der Waals surface area contributed by atoms with Crippen LogP contribution in [-0.4, -0.2) is 81.5 Å². The molecule has 1 aliphatic heterocycles. The Kier molecular flexibility index (Phi) is 13.0.